The maximum Gasteiger partial charge on any atom is 0.316 e. The molecule has 0 saturated carbocycles. The van der Waals surface area contributed by atoms with Gasteiger partial charge in [0.05, 0.1) is 25.2 Å². The van der Waals surface area contributed by atoms with Crippen molar-refractivity contribution in [1.29, 1.82) is 0 Å². The first kappa shape index (κ1) is 14.5. The number of rotatable bonds is 3. The number of aromatic nitrogens is 4. The Labute approximate surface area is 129 Å². The predicted octanol–water partition coefficient (Wildman–Crippen LogP) is 1.04. The summed E-state index contributed by atoms with van der Waals surface area (Å²) in [5, 5.41) is 0. The lowest BCUT2D eigenvalue weighted by atomic mass is 10.1. The minimum Gasteiger partial charge on any atom is -0.463 e. The minimum atomic E-state index is 0.0615. The average Bonchev–Trinajstić information content (AvgIpc) is 2.83. The van der Waals surface area contributed by atoms with Crippen LogP contribution < -0.4 is 4.74 Å². The average molecular weight is 301 g/mol. The molecule has 3 rings (SSSR count). The van der Waals surface area contributed by atoms with Crippen LogP contribution >= 0.6 is 0 Å². The number of imidazole rings is 1. The molecule has 1 amide bonds. The van der Waals surface area contributed by atoms with Gasteiger partial charge in [-0.15, -0.1) is 0 Å². The Hall–Kier alpha value is -2.44. The van der Waals surface area contributed by atoms with Gasteiger partial charge >= 0.3 is 6.01 Å². The van der Waals surface area contributed by atoms with Gasteiger partial charge in [0.2, 0.25) is 5.91 Å². The van der Waals surface area contributed by atoms with E-state index < -0.39 is 0 Å². The number of aryl methyl sites for hydroxylation is 1. The molecule has 22 heavy (non-hydrogen) atoms. The van der Waals surface area contributed by atoms with Crippen molar-refractivity contribution < 1.29 is 9.53 Å². The molecule has 7 nitrogen and oxygen atoms in total. The van der Waals surface area contributed by atoms with E-state index in [0.717, 1.165) is 17.9 Å². The molecule has 1 unspecified atom stereocenters. The number of amides is 1. The Morgan fingerprint density at radius 2 is 2.32 bits per heavy atom. The molecule has 0 N–H and O–H groups in total. The van der Waals surface area contributed by atoms with Crippen LogP contribution in [0.25, 0.3) is 0 Å². The second-order valence-electron chi connectivity index (χ2n) is 5.59. The number of ether oxygens (including phenoxy) is 1. The Morgan fingerprint density at radius 1 is 1.45 bits per heavy atom. The van der Waals surface area contributed by atoms with E-state index in [2.05, 4.69) is 19.5 Å². The van der Waals surface area contributed by atoms with E-state index in [9.17, 15) is 4.79 Å². The Morgan fingerprint density at radius 3 is 3.09 bits per heavy atom. The van der Waals surface area contributed by atoms with Gasteiger partial charge in [-0.2, -0.15) is 0 Å². The van der Waals surface area contributed by atoms with E-state index in [1.54, 1.807) is 19.4 Å². The van der Waals surface area contributed by atoms with Gasteiger partial charge in [0.1, 0.15) is 0 Å². The monoisotopic (exact) mass is 301 g/mol. The van der Waals surface area contributed by atoms with E-state index in [4.69, 9.17) is 4.74 Å². The molecule has 1 atom stereocenters. The highest BCUT2D eigenvalue weighted by Gasteiger charge is 2.24. The van der Waals surface area contributed by atoms with Gasteiger partial charge in [-0.25, -0.2) is 15.0 Å². The fourth-order valence-electron chi connectivity index (χ4n) is 2.59. The zero-order valence-electron chi connectivity index (χ0n) is 12.8. The lowest BCUT2D eigenvalue weighted by Crippen LogP contribution is -2.34. The van der Waals surface area contributed by atoms with Crippen LogP contribution in [0.15, 0.2) is 24.8 Å². The van der Waals surface area contributed by atoms with Crippen LogP contribution in [0.3, 0.4) is 0 Å². The molecular weight excluding hydrogens is 282 g/mol. The number of hydrogen-bond acceptors (Lipinski definition) is 5. The first-order chi connectivity index (χ1) is 10.6. The SMILES string of the molecule is CC(=O)N1Cc2cncn2CC(COc2nccc(C)n2)C1. The van der Waals surface area contributed by atoms with Gasteiger partial charge in [0, 0.05) is 44.0 Å². The molecular formula is C15H19N5O2. The molecule has 3 heterocycles. The third kappa shape index (κ3) is 3.24. The quantitative estimate of drug-likeness (QED) is 0.847. The van der Waals surface area contributed by atoms with Crippen LogP contribution in [0.1, 0.15) is 18.3 Å². The van der Waals surface area contributed by atoms with Crippen LogP contribution in [-0.4, -0.2) is 43.5 Å². The lowest BCUT2D eigenvalue weighted by molar-refractivity contribution is -0.130. The molecule has 0 bridgehead atoms. The van der Waals surface area contributed by atoms with Crippen molar-refractivity contribution in [2.75, 3.05) is 13.2 Å². The molecule has 0 radical (unpaired) electrons. The van der Waals surface area contributed by atoms with E-state index in [1.165, 1.54) is 0 Å². The largest absolute Gasteiger partial charge is 0.463 e. The van der Waals surface area contributed by atoms with Gasteiger partial charge in [0.25, 0.3) is 0 Å². The Bertz CT molecular complexity index is 669. The number of hydrogen-bond donors (Lipinski definition) is 0. The predicted molar refractivity (Wildman–Crippen MR) is 79.1 cm³/mol. The lowest BCUT2D eigenvalue weighted by Gasteiger charge is -2.22. The van der Waals surface area contributed by atoms with Crippen molar-refractivity contribution in [3.63, 3.8) is 0 Å². The highest BCUT2D eigenvalue weighted by molar-refractivity contribution is 5.73. The number of nitrogens with zero attached hydrogens (tertiary/aromatic N) is 5. The van der Waals surface area contributed by atoms with Crippen LogP contribution in [-0.2, 0) is 17.9 Å². The zero-order valence-corrected chi connectivity index (χ0v) is 12.8. The molecule has 2 aromatic rings. The standard InChI is InChI=1S/C15H19N5O2/c1-11-3-4-17-15(18-11)22-9-13-6-19(12(2)21)8-14-5-16-10-20(14)7-13/h3-5,10,13H,6-9H2,1-2H3. The summed E-state index contributed by atoms with van der Waals surface area (Å²) in [6.07, 6.45) is 5.29. The minimum absolute atomic E-state index is 0.0615. The summed E-state index contributed by atoms with van der Waals surface area (Å²) in [4.78, 5) is 26.1. The summed E-state index contributed by atoms with van der Waals surface area (Å²) in [7, 11) is 0. The molecule has 0 spiro atoms. The van der Waals surface area contributed by atoms with Gasteiger partial charge in [-0.05, 0) is 13.0 Å². The van der Waals surface area contributed by atoms with E-state index in [-0.39, 0.29) is 11.8 Å². The first-order valence-electron chi connectivity index (χ1n) is 7.29. The summed E-state index contributed by atoms with van der Waals surface area (Å²) in [5.41, 5.74) is 1.91. The summed E-state index contributed by atoms with van der Waals surface area (Å²) in [6, 6.07) is 2.21. The topological polar surface area (TPSA) is 73.1 Å². The summed E-state index contributed by atoms with van der Waals surface area (Å²) in [5.74, 6) is 0.231. The molecule has 0 saturated heterocycles. The van der Waals surface area contributed by atoms with E-state index >= 15 is 0 Å². The van der Waals surface area contributed by atoms with Crippen LogP contribution in [0.4, 0.5) is 0 Å². The second-order valence-corrected chi connectivity index (χ2v) is 5.59. The van der Waals surface area contributed by atoms with Gasteiger partial charge in [-0.1, -0.05) is 0 Å². The summed E-state index contributed by atoms with van der Waals surface area (Å²) < 4.78 is 7.79. The fourth-order valence-corrected chi connectivity index (χ4v) is 2.59. The Balaban J connectivity index is 1.71. The number of carbonyl (C=O) groups is 1. The molecule has 0 aliphatic carbocycles. The van der Waals surface area contributed by atoms with Crippen molar-refractivity contribution >= 4 is 5.91 Å². The van der Waals surface area contributed by atoms with Gasteiger partial charge in [0.15, 0.2) is 0 Å². The molecule has 0 aromatic carbocycles. The summed E-state index contributed by atoms with van der Waals surface area (Å²) >= 11 is 0. The molecule has 0 fully saturated rings. The van der Waals surface area contributed by atoms with Gasteiger partial charge < -0.3 is 14.2 Å². The highest BCUT2D eigenvalue weighted by atomic mass is 16.5. The molecule has 2 aromatic heterocycles. The van der Waals surface area contributed by atoms with Crippen LogP contribution in [0.2, 0.25) is 0 Å². The summed E-state index contributed by atoms with van der Waals surface area (Å²) in [6.45, 7) is 5.97. The van der Waals surface area contributed by atoms with Crippen LogP contribution in [0.5, 0.6) is 6.01 Å². The van der Waals surface area contributed by atoms with Crippen LogP contribution in [0, 0.1) is 12.8 Å². The molecule has 1 aliphatic rings. The first-order valence-corrected chi connectivity index (χ1v) is 7.29. The number of fused-ring (bicyclic) bond motifs is 1. The van der Waals surface area contributed by atoms with Crippen molar-refractivity contribution in [1.82, 2.24) is 24.4 Å². The van der Waals surface area contributed by atoms with Crippen molar-refractivity contribution in [3.05, 3.63) is 36.2 Å². The molecule has 116 valence electrons. The fraction of sp³-hybridized carbons (Fsp3) is 0.467. The third-order valence-corrected chi connectivity index (χ3v) is 3.75. The van der Waals surface area contributed by atoms with E-state index in [1.807, 2.05) is 24.1 Å². The van der Waals surface area contributed by atoms with E-state index in [0.29, 0.717) is 25.7 Å². The molecule has 1 aliphatic heterocycles. The third-order valence-electron chi connectivity index (χ3n) is 3.75. The second kappa shape index (κ2) is 6.13. The maximum atomic E-state index is 11.8. The molecule has 7 heteroatoms. The smallest absolute Gasteiger partial charge is 0.316 e. The maximum absolute atomic E-state index is 11.8. The zero-order chi connectivity index (χ0) is 15.5. The van der Waals surface area contributed by atoms with Crippen molar-refractivity contribution in [2.45, 2.75) is 26.9 Å². The normalized spacial score (nSPS) is 17.7. The van der Waals surface area contributed by atoms with Gasteiger partial charge in [-0.3, -0.25) is 4.79 Å². The van der Waals surface area contributed by atoms with Crippen molar-refractivity contribution in [2.24, 2.45) is 5.92 Å². The van der Waals surface area contributed by atoms with Crippen molar-refractivity contribution in [3.8, 4) is 6.01 Å². The number of carbonyl (C=O) groups excluding carboxylic acids is 1. The Kier molecular flexibility index (Phi) is 4.04. The highest BCUT2D eigenvalue weighted by Crippen LogP contribution is 2.17.